The molecule has 1 aromatic carbocycles. The molecule has 1 atom stereocenters. The maximum Gasteiger partial charge on any atom is 0.222 e. The molecule has 1 heterocycles. The average Bonchev–Trinajstić information content (AvgIpc) is 2.92. The lowest BCUT2D eigenvalue weighted by atomic mass is 10.1. The molecule has 116 valence electrons. The third-order valence-electron chi connectivity index (χ3n) is 3.52. The zero-order valence-electron chi connectivity index (χ0n) is 12.7. The minimum Gasteiger partial charge on any atom is -0.378 e. The summed E-state index contributed by atoms with van der Waals surface area (Å²) in [4.78, 5) is 13.7. The van der Waals surface area contributed by atoms with Crippen molar-refractivity contribution in [1.29, 1.82) is 0 Å². The molecule has 1 aliphatic rings. The Morgan fingerprint density at radius 2 is 2.29 bits per heavy atom. The number of ether oxygens (including phenoxy) is 1. The molecule has 1 amide bonds. The fourth-order valence-corrected chi connectivity index (χ4v) is 2.48. The van der Waals surface area contributed by atoms with Crippen molar-refractivity contribution in [2.75, 3.05) is 20.7 Å². The third kappa shape index (κ3) is 5.10. The molecule has 0 spiro atoms. The highest BCUT2D eigenvalue weighted by atomic mass is 19.1. The summed E-state index contributed by atoms with van der Waals surface area (Å²) in [5.41, 5.74) is 1.56. The van der Waals surface area contributed by atoms with Crippen LogP contribution in [0.1, 0.15) is 30.4 Å². The smallest absolute Gasteiger partial charge is 0.222 e. The van der Waals surface area contributed by atoms with E-state index < -0.39 is 0 Å². The van der Waals surface area contributed by atoms with Gasteiger partial charge in [0, 0.05) is 25.3 Å². The third-order valence-corrected chi connectivity index (χ3v) is 3.52. The van der Waals surface area contributed by atoms with Gasteiger partial charge in [0.1, 0.15) is 5.82 Å². The number of carbonyl (C=O) groups excluding carboxylic acids is 1. The van der Waals surface area contributed by atoms with Crippen LogP contribution in [0, 0.1) is 5.82 Å². The molecule has 1 saturated heterocycles. The van der Waals surface area contributed by atoms with Crippen LogP contribution in [0.25, 0.3) is 0 Å². The van der Waals surface area contributed by atoms with Crippen molar-refractivity contribution in [3.63, 3.8) is 0 Å². The molecule has 1 aliphatic heterocycles. The van der Waals surface area contributed by atoms with Gasteiger partial charge in [0.05, 0.1) is 12.5 Å². The highest BCUT2D eigenvalue weighted by Gasteiger charge is 2.18. The lowest BCUT2D eigenvalue weighted by Crippen LogP contribution is -2.26. The first-order chi connectivity index (χ1) is 10.0. The number of nitrogens with one attached hydrogen (secondary N) is 1. The molecule has 0 bridgehead atoms. The first-order valence-electron chi connectivity index (χ1n) is 7.35. The van der Waals surface area contributed by atoms with Crippen molar-refractivity contribution in [2.24, 2.45) is 0 Å². The first-order valence-corrected chi connectivity index (χ1v) is 7.35. The molecule has 0 unspecified atom stereocenters. The molecule has 1 aromatic rings. The standard InChI is InChI=1S/C16H23FN2O2/c1-19(2)11-13-8-12(5-6-15(13)17)10-18-16(20)9-14-4-3-7-21-14/h5-6,8,14H,3-4,7,9-11H2,1-2H3,(H,18,20)/t14-/m1/s1. The van der Waals surface area contributed by atoms with E-state index in [9.17, 15) is 9.18 Å². The van der Waals surface area contributed by atoms with E-state index in [4.69, 9.17) is 4.74 Å². The fourth-order valence-electron chi connectivity index (χ4n) is 2.48. The Labute approximate surface area is 125 Å². The van der Waals surface area contributed by atoms with Gasteiger partial charge in [-0.1, -0.05) is 6.07 Å². The average molecular weight is 294 g/mol. The summed E-state index contributed by atoms with van der Waals surface area (Å²) < 4.78 is 19.1. The summed E-state index contributed by atoms with van der Waals surface area (Å²) in [6.45, 7) is 1.72. The summed E-state index contributed by atoms with van der Waals surface area (Å²) in [5.74, 6) is -0.224. The second kappa shape index (κ2) is 7.52. The Balaban J connectivity index is 1.85. The predicted octanol–water partition coefficient (Wildman–Crippen LogP) is 2.07. The number of halogens is 1. The van der Waals surface area contributed by atoms with Crippen LogP contribution in [0.15, 0.2) is 18.2 Å². The lowest BCUT2D eigenvalue weighted by molar-refractivity contribution is -0.123. The minimum atomic E-state index is -0.210. The summed E-state index contributed by atoms with van der Waals surface area (Å²) in [6.07, 6.45) is 2.45. The van der Waals surface area contributed by atoms with Gasteiger partial charge < -0.3 is 15.0 Å². The maximum atomic E-state index is 13.7. The molecule has 0 aromatic heterocycles. The van der Waals surface area contributed by atoms with Gasteiger partial charge in [-0.15, -0.1) is 0 Å². The van der Waals surface area contributed by atoms with Crippen LogP contribution in [-0.2, 0) is 22.6 Å². The maximum absolute atomic E-state index is 13.7. The van der Waals surface area contributed by atoms with E-state index in [2.05, 4.69) is 5.32 Å². The normalized spacial score (nSPS) is 18.2. The van der Waals surface area contributed by atoms with E-state index in [1.165, 1.54) is 6.07 Å². The van der Waals surface area contributed by atoms with Gasteiger partial charge in [-0.3, -0.25) is 4.79 Å². The molecule has 1 N–H and O–H groups in total. The van der Waals surface area contributed by atoms with E-state index >= 15 is 0 Å². The SMILES string of the molecule is CN(C)Cc1cc(CNC(=O)C[C@H]2CCCO2)ccc1F. The fraction of sp³-hybridized carbons (Fsp3) is 0.562. The molecule has 0 radical (unpaired) electrons. The minimum absolute atomic E-state index is 0.0135. The summed E-state index contributed by atoms with van der Waals surface area (Å²) in [5, 5.41) is 2.87. The van der Waals surface area contributed by atoms with Crippen LogP contribution in [-0.4, -0.2) is 37.6 Å². The molecule has 1 fully saturated rings. The molecule has 5 heteroatoms. The number of nitrogens with zero attached hydrogens (tertiary/aromatic N) is 1. The lowest BCUT2D eigenvalue weighted by Gasteiger charge is -2.13. The molecule has 21 heavy (non-hydrogen) atoms. The largest absolute Gasteiger partial charge is 0.378 e. The van der Waals surface area contributed by atoms with Gasteiger partial charge in [-0.25, -0.2) is 4.39 Å². The highest BCUT2D eigenvalue weighted by molar-refractivity contribution is 5.76. The van der Waals surface area contributed by atoms with Gasteiger partial charge in [0.2, 0.25) is 5.91 Å². The molecular weight excluding hydrogens is 271 g/mol. The monoisotopic (exact) mass is 294 g/mol. The van der Waals surface area contributed by atoms with Crippen molar-refractivity contribution in [2.45, 2.75) is 38.5 Å². The summed E-state index contributed by atoms with van der Waals surface area (Å²) >= 11 is 0. The molecular formula is C16H23FN2O2. The van der Waals surface area contributed by atoms with E-state index in [0.717, 1.165) is 25.0 Å². The number of hydrogen-bond donors (Lipinski definition) is 1. The van der Waals surface area contributed by atoms with Gasteiger partial charge >= 0.3 is 0 Å². The number of amides is 1. The zero-order chi connectivity index (χ0) is 15.2. The second-order valence-electron chi connectivity index (χ2n) is 5.78. The second-order valence-corrected chi connectivity index (χ2v) is 5.78. The molecule has 0 aliphatic carbocycles. The summed E-state index contributed by atoms with van der Waals surface area (Å²) in [7, 11) is 3.80. The van der Waals surface area contributed by atoms with Crippen LogP contribution in [0.5, 0.6) is 0 Å². The van der Waals surface area contributed by atoms with Crippen molar-refractivity contribution < 1.29 is 13.9 Å². The van der Waals surface area contributed by atoms with Crippen molar-refractivity contribution in [3.8, 4) is 0 Å². The first kappa shape index (κ1) is 15.9. The number of hydrogen-bond acceptors (Lipinski definition) is 3. The van der Waals surface area contributed by atoms with Crippen LogP contribution >= 0.6 is 0 Å². The number of carbonyl (C=O) groups is 1. The van der Waals surface area contributed by atoms with Crippen LogP contribution in [0.2, 0.25) is 0 Å². The van der Waals surface area contributed by atoms with Crippen LogP contribution < -0.4 is 5.32 Å². The van der Waals surface area contributed by atoms with E-state index in [-0.39, 0.29) is 17.8 Å². The zero-order valence-corrected chi connectivity index (χ0v) is 12.7. The van der Waals surface area contributed by atoms with E-state index in [1.54, 1.807) is 6.07 Å². The number of benzene rings is 1. The Hall–Kier alpha value is -1.46. The van der Waals surface area contributed by atoms with Gasteiger partial charge in [-0.2, -0.15) is 0 Å². The van der Waals surface area contributed by atoms with E-state index in [0.29, 0.717) is 25.1 Å². The Morgan fingerprint density at radius 3 is 2.95 bits per heavy atom. The van der Waals surface area contributed by atoms with Crippen molar-refractivity contribution in [1.82, 2.24) is 10.2 Å². The van der Waals surface area contributed by atoms with Gasteiger partial charge in [0.25, 0.3) is 0 Å². The van der Waals surface area contributed by atoms with Crippen molar-refractivity contribution in [3.05, 3.63) is 35.1 Å². The van der Waals surface area contributed by atoms with E-state index in [1.807, 2.05) is 25.1 Å². The topological polar surface area (TPSA) is 41.6 Å². The number of rotatable bonds is 6. The Morgan fingerprint density at radius 1 is 1.48 bits per heavy atom. The van der Waals surface area contributed by atoms with Crippen LogP contribution in [0.4, 0.5) is 4.39 Å². The quantitative estimate of drug-likeness (QED) is 0.873. The van der Waals surface area contributed by atoms with Gasteiger partial charge in [0.15, 0.2) is 0 Å². The predicted molar refractivity (Wildman–Crippen MR) is 79.2 cm³/mol. The van der Waals surface area contributed by atoms with Crippen LogP contribution in [0.3, 0.4) is 0 Å². The summed E-state index contributed by atoms with van der Waals surface area (Å²) in [6, 6.07) is 4.98. The Kier molecular flexibility index (Phi) is 5.70. The molecule has 4 nitrogen and oxygen atoms in total. The highest BCUT2D eigenvalue weighted by Crippen LogP contribution is 2.15. The molecule has 0 saturated carbocycles. The Bertz CT molecular complexity index is 485. The molecule has 2 rings (SSSR count). The van der Waals surface area contributed by atoms with Gasteiger partial charge in [-0.05, 0) is 44.6 Å². The van der Waals surface area contributed by atoms with Crippen molar-refractivity contribution >= 4 is 5.91 Å².